The number of aliphatic carboxylic acids is 1. The molecule has 0 aromatic heterocycles. The number of fused-ring (bicyclic) bond motifs is 1. The van der Waals surface area contributed by atoms with Gasteiger partial charge in [-0.1, -0.05) is 19.9 Å². The fourth-order valence-corrected chi connectivity index (χ4v) is 3.74. The molecule has 4 nitrogen and oxygen atoms in total. The van der Waals surface area contributed by atoms with Gasteiger partial charge in [0.15, 0.2) is 0 Å². The van der Waals surface area contributed by atoms with Crippen LogP contribution in [0.4, 0.5) is 0 Å². The Kier molecular flexibility index (Phi) is 4.88. The third-order valence-electron chi connectivity index (χ3n) is 4.67. The topological polar surface area (TPSA) is 49.8 Å². The van der Waals surface area contributed by atoms with Crippen molar-refractivity contribution in [2.75, 3.05) is 20.2 Å². The monoisotopic (exact) mass is 291 g/mol. The summed E-state index contributed by atoms with van der Waals surface area (Å²) in [6, 6.07) is 6.10. The lowest BCUT2D eigenvalue weighted by Gasteiger charge is -2.46. The zero-order valence-corrected chi connectivity index (χ0v) is 13.2. The molecule has 0 amide bonds. The number of benzene rings is 1. The van der Waals surface area contributed by atoms with Crippen molar-refractivity contribution >= 4 is 5.97 Å². The van der Waals surface area contributed by atoms with Gasteiger partial charge in [0, 0.05) is 0 Å². The molecule has 0 saturated carbocycles. The molecule has 0 heterocycles. The number of carboxylic acid groups (broad SMARTS) is 1. The smallest absolute Gasteiger partial charge is 0.305 e. The molecule has 1 unspecified atom stereocenters. The van der Waals surface area contributed by atoms with Crippen LogP contribution in [0.15, 0.2) is 18.2 Å². The maximum Gasteiger partial charge on any atom is 0.305 e. The summed E-state index contributed by atoms with van der Waals surface area (Å²) in [6.07, 6.45) is 3.08. The van der Waals surface area contributed by atoms with E-state index in [0.717, 1.165) is 43.7 Å². The Bertz CT molecular complexity index is 511. The van der Waals surface area contributed by atoms with Gasteiger partial charge in [-0.05, 0) is 55.6 Å². The van der Waals surface area contributed by atoms with Crippen LogP contribution in [-0.4, -0.2) is 36.2 Å². The van der Waals surface area contributed by atoms with E-state index < -0.39 is 11.5 Å². The molecule has 0 saturated heterocycles. The zero-order chi connectivity index (χ0) is 15.5. The second-order valence-corrected chi connectivity index (χ2v) is 5.65. The van der Waals surface area contributed by atoms with Crippen LogP contribution in [0.1, 0.15) is 44.2 Å². The summed E-state index contributed by atoms with van der Waals surface area (Å²) in [6.45, 7) is 5.89. The first kappa shape index (κ1) is 15.8. The lowest BCUT2D eigenvalue weighted by atomic mass is 9.73. The number of hydrogen-bond donors (Lipinski definition) is 1. The minimum Gasteiger partial charge on any atom is -0.497 e. The summed E-state index contributed by atoms with van der Waals surface area (Å²) in [5.74, 6) is 0.0649. The Hall–Kier alpha value is -1.55. The molecule has 2 rings (SSSR count). The molecule has 0 aliphatic heterocycles. The van der Waals surface area contributed by atoms with E-state index in [1.807, 2.05) is 12.1 Å². The lowest BCUT2D eigenvalue weighted by Crippen LogP contribution is -2.49. The number of rotatable bonds is 6. The van der Waals surface area contributed by atoms with Crippen LogP contribution < -0.4 is 4.74 Å². The fourth-order valence-electron chi connectivity index (χ4n) is 3.74. The molecular weight excluding hydrogens is 266 g/mol. The first-order chi connectivity index (χ1) is 10.1. The second kappa shape index (κ2) is 6.48. The fraction of sp³-hybridized carbons (Fsp3) is 0.588. The SMILES string of the molecule is CCN(CC)C1(CC(=O)O)CCCc2ccc(OC)cc21. The maximum atomic E-state index is 11.5. The number of hydrogen-bond acceptors (Lipinski definition) is 3. The summed E-state index contributed by atoms with van der Waals surface area (Å²) >= 11 is 0. The summed E-state index contributed by atoms with van der Waals surface area (Å²) in [7, 11) is 1.65. The third kappa shape index (κ3) is 2.91. The Labute approximate surface area is 126 Å². The molecule has 21 heavy (non-hydrogen) atoms. The van der Waals surface area contributed by atoms with Gasteiger partial charge < -0.3 is 9.84 Å². The standard InChI is InChI=1S/C17H25NO3/c1-4-18(5-2)17(12-16(19)20)10-6-7-13-8-9-14(21-3)11-15(13)17/h8-9,11H,4-7,10,12H2,1-3H3,(H,19,20). The molecule has 1 N–H and O–H groups in total. The predicted octanol–water partition coefficient (Wildman–Crippen LogP) is 3.04. The van der Waals surface area contributed by atoms with E-state index in [9.17, 15) is 9.90 Å². The first-order valence-corrected chi connectivity index (χ1v) is 7.71. The van der Waals surface area contributed by atoms with Gasteiger partial charge in [0.2, 0.25) is 0 Å². The molecule has 116 valence electrons. The Morgan fingerprint density at radius 1 is 1.38 bits per heavy atom. The number of ether oxygens (including phenoxy) is 1. The van der Waals surface area contributed by atoms with Gasteiger partial charge in [-0.3, -0.25) is 9.69 Å². The maximum absolute atomic E-state index is 11.5. The molecule has 0 spiro atoms. The molecule has 1 atom stereocenters. The van der Waals surface area contributed by atoms with E-state index in [2.05, 4.69) is 24.8 Å². The van der Waals surface area contributed by atoms with Gasteiger partial charge in [-0.25, -0.2) is 0 Å². The molecule has 0 radical (unpaired) electrons. The van der Waals surface area contributed by atoms with Crippen LogP contribution in [0.3, 0.4) is 0 Å². The van der Waals surface area contributed by atoms with Gasteiger partial charge in [0.25, 0.3) is 0 Å². The molecule has 1 aliphatic carbocycles. The number of carbonyl (C=O) groups is 1. The normalized spacial score (nSPS) is 21.1. The van der Waals surface area contributed by atoms with Crippen LogP contribution in [0.5, 0.6) is 5.75 Å². The zero-order valence-electron chi connectivity index (χ0n) is 13.2. The predicted molar refractivity (Wildman–Crippen MR) is 82.8 cm³/mol. The van der Waals surface area contributed by atoms with E-state index in [0.29, 0.717) is 0 Å². The molecule has 0 bridgehead atoms. The molecule has 1 aromatic carbocycles. The van der Waals surface area contributed by atoms with Crippen LogP contribution in [-0.2, 0) is 16.8 Å². The van der Waals surface area contributed by atoms with E-state index in [1.54, 1.807) is 7.11 Å². The molecule has 0 fully saturated rings. The van der Waals surface area contributed by atoms with Crippen molar-refractivity contribution in [3.05, 3.63) is 29.3 Å². The van der Waals surface area contributed by atoms with E-state index in [4.69, 9.17) is 4.74 Å². The van der Waals surface area contributed by atoms with E-state index in [1.165, 1.54) is 5.56 Å². The first-order valence-electron chi connectivity index (χ1n) is 7.71. The largest absolute Gasteiger partial charge is 0.497 e. The van der Waals surface area contributed by atoms with E-state index in [-0.39, 0.29) is 6.42 Å². The summed E-state index contributed by atoms with van der Waals surface area (Å²) in [5.41, 5.74) is 1.99. The third-order valence-corrected chi connectivity index (χ3v) is 4.67. The minimum atomic E-state index is -0.738. The van der Waals surface area contributed by atoms with Crippen LogP contribution in [0.2, 0.25) is 0 Å². The highest BCUT2D eigenvalue weighted by molar-refractivity contribution is 5.69. The average molecular weight is 291 g/mol. The highest BCUT2D eigenvalue weighted by Crippen LogP contribution is 2.44. The van der Waals surface area contributed by atoms with Crippen molar-refractivity contribution in [3.63, 3.8) is 0 Å². The molecule has 1 aliphatic rings. The summed E-state index contributed by atoms with van der Waals surface area (Å²) in [5, 5.41) is 9.47. The average Bonchev–Trinajstić information content (AvgIpc) is 2.48. The Morgan fingerprint density at radius 2 is 2.10 bits per heavy atom. The number of nitrogens with zero attached hydrogens (tertiary/aromatic N) is 1. The Morgan fingerprint density at radius 3 is 2.67 bits per heavy atom. The van der Waals surface area contributed by atoms with Crippen molar-refractivity contribution in [2.45, 2.75) is 45.1 Å². The lowest BCUT2D eigenvalue weighted by molar-refractivity contribution is -0.141. The number of methoxy groups -OCH3 is 1. The van der Waals surface area contributed by atoms with Crippen molar-refractivity contribution in [1.82, 2.24) is 4.90 Å². The van der Waals surface area contributed by atoms with Gasteiger partial charge in [0.05, 0.1) is 19.1 Å². The Balaban J connectivity index is 2.58. The van der Waals surface area contributed by atoms with Gasteiger partial charge >= 0.3 is 5.97 Å². The molecule has 1 aromatic rings. The van der Waals surface area contributed by atoms with Gasteiger partial charge in [-0.2, -0.15) is 0 Å². The highest BCUT2D eigenvalue weighted by Gasteiger charge is 2.42. The summed E-state index contributed by atoms with van der Waals surface area (Å²) < 4.78 is 5.36. The number of aryl methyl sites for hydroxylation is 1. The van der Waals surface area contributed by atoms with Crippen LogP contribution in [0.25, 0.3) is 0 Å². The number of carboxylic acids is 1. The van der Waals surface area contributed by atoms with Crippen molar-refractivity contribution < 1.29 is 14.6 Å². The minimum absolute atomic E-state index is 0.148. The van der Waals surface area contributed by atoms with Crippen molar-refractivity contribution in [2.24, 2.45) is 0 Å². The van der Waals surface area contributed by atoms with Crippen molar-refractivity contribution in [3.8, 4) is 5.75 Å². The summed E-state index contributed by atoms with van der Waals surface area (Å²) in [4.78, 5) is 13.8. The van der Waals surface area contributed by atoms with Gasteiger partial charge in [0.1, 0.15) is 5.75 Å². The van der Waals surface area contributed by atoms with Crippen molar-refractivity contribution in [1.29, 1.82) is 0 Å². The highest BCUT2D eigenvalue weighted by atomic mass is 16.5. The molecular formula is C17H25NO3. The quantitative estimate of drug-likeness (QED) is 0.875. The second-order valence-electron chi connectivity index (χ2n) is 5.65. The van der Waals surface area contributed by atoms with Crippen LogP contribution >= 0.6 is 0 Å². The van der Waals surface area contributed by atoms with Gasteiger partial charge in [-0.15, -0.1) is 0 Å². The molecule has 4 heteroatoms. The van der Waals surface area contributed by atoms with Crippen LogP contribution in [0, 0.1) is 0 Å². The van der Waals surface area contributed by atoms with E-state index >= 15 is 0 Å².